The highest BCUT2D eigenvalue weighted by Crippen LogP contribution is 2.23. The molecule has 0 aliphatic carbocycles. The van der Waals surface area contributed by atoms with E-state index in [1.165, 1.54) is 11.1 Å². The van der Waals surface area contributed by atoms with Gasteiger partial charge in [-0.1, -0.05) is 50.6 Å². The van der Waals surface area contributed by atoms with Crippen LogP contribution in [-0.4, -0.2) is 9.78 Å². The van der Waals surface area contributed by atoms with Crippen molar-refractivity contribution in [2.75, 3.05) is 5.73 Å². The molecule has 3 nitrogen and oxygen atoms in total. The highest BCUT2D eigenvalue weighted by Gasteiger charge is 2.18. The Hall–Kier alpha value is -1.77. The number of benzene rings is 1. The van der Waals surface area contributed by atoms with Crippen LogP contribution in [0.1, 0.15) is 37.6 Å². The molecule has 0 aliphatic heterocycles. The molecule has 0 saturated heterocycles. The standard InChI is InChI=1S/C15H21N3/c1-11-5-7-12(8-6-11)10-18-14(16)9-13(17-18)15(2,3)4/h5-9H,10,16H2,1-4H3. The number of nitrogens with zero attached hydrogens (tertiary/aromatic N) is 2. The van der Waals surface area contributed by atoms with Crippen LogP contribution in [0.15, 0.2) is 30.3 Å². The van der Waals surface area contributed by atoms with Crippen molar-refractivity contribution in [2.24, 2.45) is 0 Å². The summed E-state index contributed by atoms with van der Waals surface area (Å²) in [6.07, 6.45) is 0. The van der Waals surface area contributed by atoms with Crippen molar-refractivity contribution in [2.45, 2.75) is 39.7 Å². The van der Waals surface area contributed by atoms with Gasteiger partial charge < -0.3 is 5.73 Å². The average Bonchev–Trinajstić information content (AvgIpc) is 2.63. The lowest BCUT2D eigenvalue weighted by molar-refractivity contribution is 0.546. The van der Waals surface area contributed by atoms with E-state index in [2.05, 4.69) is 57.1 Å². The normalized spacial score (nSPS) is 11.8. The first-order chi connectivity index (χ1) is 8.36. The molecule has 1 aromatic heterocycles. The van der Waals surface area contributed by atoms with Crippen LogP contribution in [0.5, 0.6) is 0 Å². The smallest absolute Gasteiger partial charge is 0.122 e. The largest absolute Gasteiger partial charge is 0.384 e. The highest BCUT2D eigenvalue weighted by atomic mass is 15.3. The molecule has 1 heterocycles. The van der Waals surface area contributed by atoms with Gasteiger partial charge in [0, 0.05) is 11.5 Å². The Balaban J connectivity index is 2.24. The van der Waals surface area contributed by atoms with Crippen molar-refractivity contribution in [3.63, 3.8) is 0 Å². The van der Waals surface area contributed by atoms with Gasteiger partial charge in [-0.3, -0.25) is 0 Å². The summed E-state index contributed by atoms with van der Waals surface area (Å²) in [4.78, 5) is 0. The van der Waals surface area contributed by atoms with Crippen LogP contribution in [0.25, 0.3) is 0 Å². The van der Waals surface area contributed by atoms with Gasteiger partial charge in [-0.05, 0) is 12.5 Å². The molecular formula is C15H21N3. The van der Waals surface area contributed by atoms with Crippen LogP contribution in [0, 0.1) is 6.92 Å². The lowest BCUT2D eigenvalue weighted by Crippen LogP contribution is -2.13. The fourth-order valence-electron chi connectivity index (χ4n) is 1.79. The minimum atomic E-state index is 0.0344. The third-order valence-corrected chi connectivity index (χ3v) is 3.03. The van der Waals surface area contributed by atoms with Gasteiger partial charge in [0.25, 0.3) is 0 Å². The maximum atomic E-state index is 6.02. The van der Waals surface area contributed by atoms with Gasteiger partial charge >= 0.3 is 0 Å². The summed E-state index contributed by atoms with van der Waals surface area (Å²) in [5.41, 5.74) is 9.57. The van der Waals surface area contributed by atoms with E-state index >= 15 is 0 Å². The molecule has 96 valence electrons. The zero-order valence-electron chi connectivity index (χ0n) is 11.6. The Kier molecular flexibility index (Phi) is 3.16. The first-order valence-electron chi connectivity index (χ1n) is 6.25. The molecule has 0 bridgehead atoms. The monoisotopic (exact) mass is 243 g/mol. The predicted molar refractivity (Wildman–Crippen MR) is 75.6 cm³/mol. The maximum Gasteiger partial charge on any atom is 0.122 e. The molecule has 0 fully saturated rings. The van der Waals surface area contributed by atoms with Gasteiger partial charge in [0.2, 0.25) is 0 Å². The van der Waals surface area contributed by atoms with Gasteiger partial charge in [-0.15, -0.1) is 0 Å². The summed E-state index contributed by atoms with van der Waals surface area (Å²) in [5.74, 6) is 0.723. The molecule has 3 heteroatoms. The Morgan fingerprint density at radius 1 is 1.17 bits per heavy atom. The van der Waals surface area contributed by atoms with Crippen molar-refractivity contribution in [1.82, 2.24) is 9.78 Å². The second kappa shape index (κ2) is 4.48. The summed E-state index contributed by atoms with van der Waals surface area (Å²) in [6.45, 7) is 9.24. The summed E-state index contributed by atoms with van der Waals surface area (Å²) in [5, 5.41) is 4.59. The summed E-state index contributed by atoms with van der Waals surface area (Å²) in [6, 6.07) is 10.4. The van der Waals surface area contributed by atoms with Crippen LogP contribution in [0.4, 0.5) is 5.82 Å². The Morgan fingerprint density at radius 3 is 2.28 bits per heavy atom. The molecule has 2 rings (SSSR count). The number of aromatic nitrogens is 2. The Labute approximate surface area is 109 Å². The van der Waals surface area contributed by atoms with Gasteiger partial charge in [-0.25, -0.2) is 4.68 Å². The zero-order chi connectivity index (χ0) is 13.3. The number of hydrogen-bond donors (Lipinski definition) is 1. The molecule has 1 aromatic carbocycles. The summed E-state index contributed by atoms with van der Waals surface area (Å²) >= 11 is 0. The van der Waals surface area contributed by atoms with E-state index in [-0.39, 0.29) is 5.41 Å². The molecule has 0 unspecified atom stereocenters. The predicted octanol–water partition coefficient (Wildman–Crippen LogP) is 3.12. The molecule has 0 amide bonds. The van der Waals surface area contributed by atoms with Crippen molar-refractivity contribution in [3.05, 3.63) is 47.2 Å². The van der Waals surface area contributed by atoms with E-state index in [0.717, 1.165) is 18.1 Å². The fourth-order valence-corrected chi connectivity index (χ4v) is 1.79. The van der Waals surface area contributed by atoms with E-state index in [9.17, 15) is 0 Å². The fraction of sp³-hybridized carbons (Fsp3) is 0.400. The van der Waals surface area contributed by atoms with Gasteiger partial charge in [-0.2, -0.15) is 5.10 Å². The molecule has 0 atom stereocenters. The van der Waals surface area contributed by atoms with Crippen LogP contribution < -0.4 is 5.73 Å². The SMILES string of the molecule is Cc1ccc(Cn2nc(C(C)(C)C)cc2N)cc1. The highest BCUT2D eigenvalue weighted by molar-refractivity contribution is 5.35. The number of anilines is 1. The van der Waals surface area contributed by atoms with Crippen LogP contribution >= 0.6 is 0 Å². The van der Waals surface area contributed by atoms with Crippen molar-refractivity contribution >= 4 is 5.82 Å². The van der Waals surface area contributed by atoms with Gasteiger partial charge in [0.1, 0.15) is 5.82 Å². The van der Waals surface area contributed by atoms with E-state index < -0.39 is 0 Å². The number of aryl methyl sites for hydroxylation is 1. The molecule has 2 N–H and O–H groups in total. The molecule has 0 radical (unpaired) electrons. The third-order valence-electron chi connectivity index (χ3n) is 3.03. The van der Waals surface area contributed by atoms with E-state index in [4.69, 9.17) is 5.73 Å². The minimum Gasteiger partial charge on any atom is -0.384 e. The quantitative estimate of drug-likeness (QED) is 0.880. The molecular weight excluding hydrogens is 222 g/mol. The van der Waals surface area contributed by atoms with Crippen molar-refractivity contribution in [1.29, 1.82) is 0 Å². The average molecular weight is 243 g/mol. The van der Waals surface area contributed by atoms with Gasteiger partial charge in [0.05, 0.1) is 12.2 Å². The topological polar surface area (TPSA) is 43.8 Å². The maximum absolute atomic E-state index is 6.02. The van der Waals surface area contributed by atoms with E-state index in [1.54, 1.807) is 0 Å². The van der Waals surface area contributed by atoms with E-state index in [1.807, 2.05) is 10.7 Å². The molecule has 2 aromatic rings. The summed E-state index contributed by atoms with van der Waals surface area (Å²) < 4.78 is 1.87. The summed E-state index contributed by atoms with van der Waals surface area (Å²) in [7, 11) is 0. The number of hydrogen-bond acceptors (Lipinski definition) is 2. The lowest BCUT2D eigenvalue weighted by atomic mass is 9.92. The van der Waals surface area contributed by atoms with Gasteiger partial charge in [0.15, 0.2) is 0 Å². The van der Waals surface area contributed by atoms with Crippen LogP contribution in [0.3, 0.4) is 0 Å². The molecule has 0 spiro atoms. The number of rotatable bonds is 2. The zero-order valence-corrected chi connectivity index (χ0v) is 11.6. The lowest BCUT2D eigenvalue weighted by Gasteiger charge is -2.14. The van der Waals surface area contributed by atoms with Crippen LogP contribution in [-0.2, 0) is 12.0 Å². The minimum absolute atomic E-state index is 0.0344. The van der Waals surface area contributed by atoms with Crippen LogP contribution in [0.2, 0.25) is 0 Å². The second-order valence-corrected chi connectivity index (χ2v) is 5.85. The van der Waals surface area contributed by atoms with Crippen molar-refractivity contribution < 1.29 is 0 Å². The first-order valence-corrected chi connectivity index (χ1v) is 6.25. The Morgan fingerprint density at radius 2 is 1.78 bits per heavy atom. The van der Waals surface area contributed by atoms with Crippen molar-refractivity contribution in [3.8, 4) is 0 Å². The first kappa shape index (κ1) is 12.7. The third kappa shape index (κ3) is 2.73. The number of nitrogens with two attached hydrogens (primary N) is 1. The molecule has 0 saturated carbocycles. The molecule has 0 aliphatic rings. The molecule has 18 heavy (non-hydrogen) atoms. The number of nitrogen functional groups attached to an aromatic ring is 1. The Bertz CT molecular complexity index is 530. The second-order valence-electron chi connectivity index (χ2n) is 5.85. The van der Waals surface area contributed by atoms with E-state index in [0.29, 0.717) is 0 Å².